The molecule has 1 aliphatic heterocycles. The molecular weight excluding hydrogens is 264 g/mol. The van der Waals surface area contributed by atoms with Gasteiger partial charge in [0.05, 0.1) is 6.54 Å². The van der Waals surface area contributed by atoms with E-state index in [4.69, 9.17) is 4.42 Å². The molecule has 0 spiro atoms. The fourth-order valence-corrected chi connectivity index (χ4v) is 3.36. The first-order chi connectivity index (χ1) is 9.29. The van der Waals surface area contributed by atoms with Crippen molar-refractivity contribution in [3.8, 4) is 0 Å². The Morgan fingerprint density at radius 3 is 3.26 bits per heavy atom. The zero-order chi connectivity index (χ0) is 13.2. The van der Waals surface area contributed by atoms with Gasteiger partial charge in [-0.3, -0.25) is 4.79 Å². The number of rotatable bonds is 3. The average molecular weight is 278 g/mol. The quantitative estimate of drug-likeness (QED) is 0.906. The normalized spacial score (nSPS) is 19.3. The van der Waals surface area contributed by atoms with Crippen molar-refractivity contribution in [1.29, 1.82) is 0 Å². The molecule has 0 saturated heterocycles. The molecule has 0 saturated carbocycles. The van der Waals surface area contributed by atoms with Crippen molar-refractivity contribution in [1.82, 2.24) is 20.4 Å². The molecule has 2 aromatic heterocycles. The van der Waals surface area contributed by atoms with Crippen molar-refractivity contribution in [3.05, 3.63) is 34.2 Å². The van der Waals surface area contributed by atoms with E-state index in [-0.39, 0.29) is 11.9 Å². The number of carbonyl (C=O) groups is 1. The van der Waals surface area contributed by atoms with Crippen molar-refractivity contribution in [2.24, 2.45) is 0 Å². The van der Waals surface area contributed by atoms with Crippen molar-refractivity contribution in [2.75, 3.05) is 13.6 Å². The topological polar surface area (TPSA) is 71.3 Å². The lowest BCUT2D eigenvalue weighted by atomic mass is 10.1. The van der Waals surface area contributed by atoms with E-state index in [0.717, 1.165) is 11.3 Å². The number of amides is 1. The molecule has 1 amide bonds. The molecule has 3 heterocycles. The third-order valence-electron chi connectivity index (χ3n) is 3.27. The Morgan fingerprint density at radius 2 is 2.53 bits per heavy atom. The molecule has 0 bridgehead atoms. The highest BCUT2D eigenvalue weighted by atomic mass is 32.1. The van der Waals surface area contributed by atoms with Crippen molar-refractivity contribution < 1.29 is 9.21 Å². The summed E-state index contributed by atoms with van der Waals surface area (Å²) in [5, 5.41) is 12.6. The molecule has 7 heteroatoms. The SMILES string of the molecule is CNC1C(=O)N(Cc2nnco2)CCc2ccsc21. The maximum atomic E-state index is 12.5. The molecule has 0 radical (unpaired) electrons. The van der Waals surface area contributed by atoms with Gasteiger partial charge in [0.1, 0.15) is 6.04 Å². The fraction of sp³-hybridized carbons (Fsp3) is 0.417. The number of thiophene rings is 1. The van der Waals surface area contributed by atoms with Gasteiger partial charge in [-0.1, -0.05) is 0 Å². The Bertz CT molecular complexity index is 566. The fourth-order valence-electron chi connectivity index (χ4n) is 2.31. The van der Waals surface area contributed by atoms with Crippen molar-refractivity contribution >= 4 is 17.2 Å². The van der Waals surface area contributed by atoms with Crippen LogP contribution in [0, 0.1) is 0 Å². The maximum Gasteiger partial charge on any atom is 0.245 e. The first-order valence-corrected chi connectivity index (χ1v) is 6.95. The van der Waals surface area contributed by atoms with E-state index in [1.54, 1.807) is 16.2 Å². The number of likely N-dealkylation sites (N-methyl/N-ethyl adjacent to an activating group) is 1. The van der Waals surface area contributed by atoms with Gasteiger partial charge in [0, 0.05) is 11.4 Å². The second kappa shape index (κ2) is 5.10. The van der Waals surface area contributed by atoms with Gasteiger partial charge in [-0.2, -0.15) is 0 Å². The summed E-state index contributed by atoms with van der Waals surface area (Å²) in [6.45, 7) is 1.04. The molecule has 0 aliphatic carbocycles. The second-order valence-electron chi connectivity index (χ2n) is 4.37. The molecule has 3 rings (SSSR count). The molecule has 0 fully saturated rings. The largest absolute Gasteiger partial charge is 0.426 e. The third kappa shape index (κ3) is 2.26. The number of aromatic nitrogens is 2. The summed E-state index contributed by atoms with van der Waals surface area (Å²) in [6.07, 6.45) is 2.14. The maximum absolute atomic E-state index is 12.5. The third-order valence-corrected chi connectivity index (χ3v) is 4.30. The van der Waals surface area contributed by atoms with Crippen LogP contribution in [0.2, 0.25) is 0 Å². The van der Waals surface area contributed by atoms with Crippen LogP contribution >= 0.6 is 11.3 Å². The van der Waals surface area contributed by atoms with Gasteiger partial charge in [-0.15, -0.1) is 21.5 Å². The van der Waals surface area contributed by atoms with E-state index in [9.17, 15) is 4.79 Å². The van der Waals surface area contributed by atoms with Crippen LogP contribution < -0.4 is 5.32 Å². The van der Waals surface area contributed by atoms with Gasteiger partial charge in [0.2, 0.25) is 18.2 Å². The smallest absolute Gasteiger partial charge is 0.245 e. The molecule has 1 atom stereocenters. The number of hydrogen-bond donors (Lipinski definition) is 1. The van der Waals surface area contributed by atoms with E-state index < -0.39 is 0 Å². The van der Waals surface area contributed by atoms with Crippen LogP contribution in [-0.2, 0) is 17.8 Å². The van der Waals surface area contributed by atoms with Gasteiger partial charge in [0.25, 0.3) is 0 Å². The van der Waals surface area contributed by atoms with Crippen LogP contribution in [0.15, 0.2) is 22.3 Å². The Labute approximate surface area is 114 Å². The van der Waals surface area contributed by atoms with Crippen molar-refractivity contribution in [2.45, 2.75) is 19.0 Å². The van der Waals surface area contributed by atoms with Crippen LogP contribution in [0.5, 0.6) is 0 Å². The second-order valence-corrected chi connectivity index (χ2v) is 5.32. The first-order valence-electron chi connectivity index (χ1n) is 6.07. The standard InChI is InChI=1S/C12H14N4O2S/c1-13-10-11-8(3-5-19-11)2-4-16(12(10)17)6-9-15-14-7-18-9/h3,5,7,10,13H,2,4,6H2,1H3. The van der Waals surface area contributed by atoms with Crippen LogP contribution in [-0.4, -0.2) is 34.6 Å². The van der Waals surface area contributed by atoms with Gasteiger partial charge in [0.15, 0.2) is 0 Å². The lowest BCUT2D eigenvalue weighted by Crippen LogP contribution is -2.38. The van der Waals surface area contributed by atoms with Gasteiger partial charge < -0.3 is 14.6 Å². The molecule has 6 nitrogen and oxygen atoms in total. The highest BCUT2D eigenvalue weighted by molar-refractivity contribution is 7.10. The zero-order valence-electron chi connectivity index (χ0n) is 10.5. The van der Waals surface area contributed by atoms with Crippen LogP contribution in [0.3, 0.4) is 0 Å². The number of hydrogen-bond acceptors (Lipinski definition) is 6. The number of fused-ring (bicyclic) bond motifs is 1. The molecule has 100 valence electrons. The summed E-state index contributed by atoms with van der Waals surface area (Å²) in [5.41, 5.74) is 1.24. The van der Waals surface area contributed by atoms with Crippen LogP contribution in [0.4, 0.5) is 0 Å². The predicted molar refractivity (Wildman–Crippen MR) is 69.5 cm³/mol. The van der Waals surface area contributed by atoms with Gasteiger partial charge in [-0.25, -0.2) is 0 Å². The summed E-state index contributed by atoms with van der Waals surface area (Å²) >= 11 is 1.62. The molecular formula is C12H14N4O2S. The highest BCUT2D eigenvalue weighted by Crippen LogP contribution is 2.29. The minimum Gasteiger partial charge on any atom is -0.426 e. The minimum atomic E-state index is -0.277. The molecule has 1 N–H and O–H groups in total. The predicted octanol–water partition coefficient (Wildman–Crippen LogP) is 0.976. The van der Waals surface area contributed by atoms with Crippen LogP contribution in [0.1, 0.15) is 22.4 Å². The Kier molecular flexibility index (Phi) is 3.31. The number of carbonyl (C=O) groups excluding carboxylic acids is 1. The summed E-state index contributed by atoms with van der Waals surface area (Å²) in [7, 11) is 1.81. The lowest BCUT2D eigenvalue weighted by Gasteiger charge is -2.22. The highest BCUT2D eigenvalue weighted by Gasteiger charge is 2.31. The summed E-state index contributed by atoms with van der Waals surface area (Å²) in [5.74, 6) is 0.523. The van der Waals surface area contributed by atoms with Gasteiger partial charge >= 0.3 is 0 Å². The lowest BCUT2D eigenvalue weighted by molar-refractivity contribution is -0.134. The molecule has 2 aromatic rings. The molecule has 0 aromatic carbocycles. The Balaban J connectivity index is 1.85. The zero-order valence-corrected chi connectivity index (χ0v) is 11.3. The monoisotopic (exact) mass is 278 g/mol. The van der Waals surface area contributed by atoms with E-state index in [1.807, 2.05) is 12.4 Å². The van der Waals surface area contributed by atoms with E-state index in [0.29, 0.717) is 19.0 Å². The summed E-state index contributed by atoms with van der Waals surface area (Å²) in [6, 6.07) is 1.81. The minimum absolute atomic E-state index is 0.0573. The van der Waals surface area contributed by atoms with Crippen molar-refractivity contribution in [3.63, 3.8) is 0 Å². The Morgan fingerprint density at radius 1 is 1.63 bits per heavy atom. The van der Waals surface area contributed by atoms with E-state index in [2.05, 4.69) is 21.6 Å². The Hall–Kier alpha value is -1.73. The summed E-state index contributed by atoms with van der Waals surface area (Å²) < 4.78 is 5.12. The van der Waals surface area contributed by atoms with E-state index in [1.165, 1.54) is 12.0 Å². The van der Waals surface area contributed by atoms with Crippen LogP contribution in [0.25, 0.3) is 0 Å². The molecule has 19 heavy (non-hydrogen) atoms. The number of nitrogens with one attached hydrogen (secondary N) is 1. The molecule has 1 aliphatic rings. The number of nitrogens with zero attached hydrogens (tertiary/aromatic N) is 3. The average Bonchev–Trinajstić information content (AvgIpc) is 3.04. The van der Waals surface area contributed by atoms with Gasteiger partial charge in [-0.05, 0) is 30.5 Å². The summed E-state index contributed by atoms with van der Waals surface area (Å²) in [4.78, 5) is 15.4. The molecule has 1 unspecified atom stereocenters. The van der Waals surface area contributed by atoms with E-state index >= 15 is 0 Å². The first kappa shape index (κ1) is 12.3.